The summed E-state index contributed by atoms with van der Waals surface area (Å²) in [6, 6.07) is 3.05. The third kappa shape index (κ3) is 2.62. The van der Waals surface area contributed by atoms with E-state index in [0.717, 1.165) is 6.42 Å². The number of hydrogen-bond acceptors (Lipinski definition) is 1. The van der Waals surface area contributed by atoms with Crippen LogP contribution in [-0.4, -0.2) is 11.1 Å². The first kappa shape index (κ1) is 14.0. The Bertz CT molecular complexity index is 499. The maximum absolute atomic E-state index is 14.0. The van der Waals surface area contributed by atoms with E-state index in [0.29, 0.717) is 18.8 Å². The molecule has 19 heavy (non-hydrogen) atoms. The van der Waals surface area contributed by atoms with E-state index < -0.39 is 29.4 Å². The number of rotatable bonds is 2. The van der Waals surface area contributed by atoms with Gasteiger partial charge < -0.3 is 5.11 Å². The van der Waals surface area contributed by atoms with Crippen molar-refractivity contribution in [1.29, 1.82) is 0 Å². The van der Waals surface area contributed by atoms with Crippen LogP contribution in [0.25, 0.3) is 0 Å². The number of carboxylic acid groups (broad SMARTS) is 1. The SMILES string of the molecule is Cc1ccc(C2CC(C)CCC2C(=O)O)c(F)c1F. The van der Waals surface area contributed by atoms with E-state index >= 15 is 0 Å². The van der Waals surface area contributed by atoms with Crippen molar-refractivity contribution < 1.29 is 18.7 Å². The molecule has 104 valence electrons. The molecule has 2 nitrogen and oxygen atoms in total. The standard InChI is InChI=1S/C15H18F2O2/c1-8-3-5-11(15(18)19)12(7-8)10-6-4-9(2)13(16)14(10)17/h4,6,8,11-12H,3,5,7H2,1-2H3,(H,18,19). The van der Waals surface area contributed by atoms with Crippen molar-refractivity contribution in [2.45, 2.75) is 39.0 Å². The summed E-state index contributed by atoms with van der Waals surface area (Å²) in [5.74, 6) is -3.38. The Morgan fingerprint density at radius 1 is 1.26 bits per heavy atom. The van der Waals surface area contributed by atoms with Crippen LogP contribution in [0.4, 0.5) is 8.78 Å². The lowest BCUT2D eigenvalue weighted by molar-refractivity contribution is -0.143. The zero-order chi connectivity index (χ0) is 14.2. The Kier molecular flexibility index (Phi) is 3.88. The summed E-state index contributed by atoms with van der Waals surface area (Å²) < 4.78 is 27.7. The Balaban J connectivity index is 2.42. The first-order valence-electron chi connectivity index (χ1n) is 6.59. The van der Waals surface area contributed by atoms with Crippen LogP contribution < -0.4 is 0 Å². The molecular weight excluding hydrogens is 250 g/mol. The zero-order valence-electron chi connectivity index (χ0n) is 11.1. The summed E-state index contributed by atoms with van der Waals surface area (Å²) >= 11 is 0. The molecule has 0 amide bonds. The van der Waals surface area contributed by atoms with Gasteiger partial charge >= 0.3 is 5.97 Å². The summed E-state index contributed by atoms with van der Waals surface area (Å²) in [5, 5.41) is 9.25. The largest absolute Gasteiger partial charge is 0.481 e. The average molecular weight is 268 g/mol. The van der Waals surface area contributed by atoms with E-state index in [1.165, 1.54) is 19.1 Å². The molecule has 0 aromatic heterocycles. The third-order valence-corrected chi connectivity index (χ3v) is 4.13. The normalized spacial score (nSPS) is 27.3. The molecule has 0 saturated heterocycles. The molecule has 4 heteroatoms. The molecule has 1 saturated carbocycles. The van der Waals surface area contributed by atoms with Crippen LogP contribution in [0.2, 0.25) is 0 Å². The zero-order valence-corrected chi connectivity index (χ0v) is 11.1. The molecule has 1 fully saturated rings. The number of aryl methyl sites for hydroxylation is 1. The lowest BCUT2D eigenvalue weighted by atomic mass is 9.71. The van der Waals surface area contributed by atoms with Gasteiger partial charge in [-0.2, -0.15) is 0 Å². The van der Waals surface area contributed by atoms with Gasteiger partial charge in [0, 0.05) is 5.92 Å². The molecule has 0 heterocycles. The second-order valence-electron chi connectivity index (χ2n) is 5.57. The smallest absolute Gasteiger partial charge is 0.307 e. The van der Waals surface area contributed by atoms with Crippen LogP contribution in [0.15, 0.2) is 12.1 Å². The highest BCUT2D eigenvalue weighted by atomic mass is 19.2. The Hall–Kier alpha value is -1.45. The van der Waals surface area contributed by atoms with Crippen LogP contribution in [0, 0.1) is 30.4 Å². The minimum Gasteiger partial charge on any atom is -0.481 e. The van der Waals surface area contributed by atoms with Gasteiger partial charge in [-0.25, -0.2) is 8.78 Å². The maximum atomic E-state index is 14.0. The molecule has 0 bridgehead atoms. The van der Waals surface area contributed by atoms with Crippen molar-refractivity contribution in [2.24, 2.45) is 11.8 Å². The number of benzene rings is 1. The average Bonchev–Trinajstić information content (AvgIpc) is 2.35. The summed E-state index contributed by atoms with van der Waals surface area (Å²) in [6.07, 6.45) is 1.94. The van der Waals surface area contributed by atoms with Crippen molar-refractivity contribution in [3.05, 3.63) is 34.9 Å². The van der Waals surface area contributed by atoms with Gasteiger partial charge in [-0.1, -0.05) is 19.1 Å². The quantitative estimate of drug-likeness (QED) is 0.883. The van der Waals surface area contributed by atoms with Gasteiger partial charge in [0.2, 0.25) is 0 Å². The van der Waals surface area contributed by atoms with Crippen LogP contribution in [0.1, 0.15) is 43.2 Å². The predicted molar refractivity (Wildman–Crippen MR) is 68.0 cm³/mol. The first-order chi connectivity index (χ1) is 8.91. The van der Waals surface area contributed by atoms with E-state index in [9.17, 15) is 18.7 Å². The van der Waals surface area contributed by atoms with Crippen LogP contribution in [0.3, 0.4) is 0 Å². The minimum atomic E-state index is -0.919. The second-order valence-corrected chi connectivity index (χ2v) is 5.57. The maximum Gasteiger partial charge on any atom is 0.307 e. The Morgan fingerprint density at radius 3 is 2.58 bits per heavy atom. The van der Waals surface area contributed by atoms with Gasteiger partial charge in [0.15, 0.2) is 11.6 Å². The Morgan fingerprint density at radius 2 is 1.95 bits per heavy atom. The summed E-state index contributed by atoms with van der Waals surface area (Å²) in [4.78, 5) is 11.3. The predicted octanol–water partition coefficient (Wildman–Crippen LogP) is 3.88. The van der Waals surface area contributed by atoms with Crippen molar-refractivity contribution in [3.8, 4) is 0 Å². The lowest BCUT2D eigenvalue weighted by Crippen LogP contribution is -2.29. The minimum absolute atomic E-state index is 0.210. The number of carboxylic acids is 1. The van der Waals surface area contributed by atoms with Crippen molar-refractivity contribution in [3.63, 3.8) is 0 Å². The van der Waals surface area contributed by atoms with Crippen molar-refractivity contribution in [2.75, 3.05) is 0 Å². The number of halogens is 2. The molecule has 1 aliphatic carbocycles. The summed E-state index contributed by atoms with van der Waals surface area (Å²) in [7, 11) is 0. The molecule has 3 unspecified atom stereocenters. The third-order valence-electron chi connectivity index (χ3n) is 4.13. The number of carbonyl (C=O) groups is 1. The molecule has 2 rings (SSSR count). The lowest BCUT2D eigenvalue weighted by Gasteiger charge is -2.33. The highest BCUT2D eigenvalue weighted by molar-refractivity contribution is 5.71. The molecule has 1 aliphatic rings. The second kappa shape index (κ2) is 5.27. The van der Waals surface area contributed by atoms with E-state index in [1.54, 1.807) is 0 Å². The van der Waals surface area contributed by atoms with Crippen LogP contribution >= 0.6 is 0 Å². The molecule has 1 N–H and O–H groups in total. The molecule has 3 atom stereocenters. The summed E-state index contributed by atoms with van der Waals surface area (Å²) in [6.45, 7) is 3.52. The molecule has 0 radical (unpaired) electrons. The van der Waals surface area contributed by atoms with Gasteiger partial charge in [0.1, 0.15) is 0 Å². The summed E-state index contributed by atoms with van der Waals surface area (Å²) in [5.41, 5.74) is 0.457. The molecule has 1 aromatic rings. The van der Waals surface area contributed by atoms with Gasteiger partial charge in [-0.3, -0.25) is 4.79 Å². The molecular formula is C15H18F2O2. The van der Waals surface area contributed by atoms with Crippen molar-refractivity contribution in [1.82, 2.24) is 0 Å². The fourth-order valence-electron chi connectivity index (χ4n) is 2.97. The monoisotopic (exact) mass is 268 g/mol. The van der Waals surface area contributed by atoms with Crippen molar-refractivity contribution >= 4 is 5.97 Å². The highest BCUT2D eigenvalue weighted by Gasteiger charge is 2.36. The highest BCUT2D eigenvalue weighted by Crippen LogP contribution is 2.42. The molecule has 0 aliphatic heterocycles. The van der Waals surface area contributed by atoms with E-state index in [-0.39, 0.29) is 11.1 Å². The van der Waals surface area contributed by atoms with E-state index in [2.05, 4.69) is 0 Å². The number of aliphatic carboxylic acids is 1. The van der Waals surface area contributed by atoms with Crippen LogP contribution in [-0.2, 0) is 4.79 Å². The van der Waals surface area contributed by atoms with E-state index in [4.69, 9.17) is 0 Å². The van der Waals surface area contributed by atoms with E-state index in [1.807, 2.05) is 6.92 Å². The number of hydrogen-bond donors (Lipinski definition) is 1. The topological polar surface area (TPSA) is 37.3 Å². The van der Waals surface area contributed by atoms with Gasteiger partial charge in [0.25, 0.3) is 0 Å². The fraction of sp³-hybridized carbons (Fsp3) is 0.533. The molecule has 1 aromatic carbocycles. The first-order valence-corrected chi connectivity index (χ1v) is 6.59. The van der Waals surface area contributed by atoms with Gasteiger partial charge in [-0.15, -0.1) is 0 Å². The van der Waals surface area contributed by atoms with Crippen LogP contribution in [0.5, 0.6) is 0 Å². The van der Waals surface area contributed by atoms with Gasteiger partial charge in [-0.05, 0) is 43.2 Å². The fourth-order valence-corrected chi connectivity index (χ4v) is 2.97. The Labute approximate surface area is 111 Å². The van der Waals surface area contributed by atoms with Gasteiger partial charge in [0.05, 0.1) is 5.92 Å². The molecule has 0 spiro atoms.